The molecule has 1 aliphatic heterocycles. The number of carbonyl (C=O) groups is 3. The fourth-order valence-corrected chi connectivity index (χ4v) is 3.84. The molecular weight excluding hydrogens is 394 g/mol. The van der Waals surface area contributed by atoms with Crippen molar-refractivity contribution in [3.63, 3.8) is 0 Å². The van der Waals surface area contributed by atoms with Crippen LogP contribution in [0.3, 0.4) is 0 Å². The van der Waals surface area contributed by atoms with Gasteiger partial charge in [0.15, 0.2) is 0 Å². The van der Waals surface area contributed by atoms with Crippen molar-refractivity contribution in [1.29, 1.82) is 0 Å². The number of anilines is 2. The highest BCUT2D eigenvalue weighted by molar-refractivity contribution is 6.39. The molecule has 0 saturated heterocycles. The first kappa shape index (κ1) is 20.9. The maximum atomic E-state index is 12.5. The molecule has 2 aromatic rings. The molecule has 31 heavy (non-hydrogen) atoms. The first-order chi connectivity index (χ1) is 15.0. The molecular formula is C24H27N3O4. The second-order valence-corrected chi connectivity index (χ2v) is 8.02. The lowest BCUT2D eigenvalue weighted by Crippen LogP contribution is -2.37. The summed E-state index contributed by atoms with van der Waals surface area (Å²) in [4.78, 5) is 38.8. The predicted molar refractivity (Wildman–Crippen MR) is 118 cm³/mol. The largest absolute Gasteiger partial charge is 0.497 e. The van der Waals surface area contributed by atoms with Crippen LogP contribution in [0.25, 0.3) is 0 Å². The highest BCUT2D eigenvalue weighted by atomic mass is 16.5. The van der Waals surface area contributed by atoms with E-state index in [4.69, 9.17) is 4.74 Å². The van der Waals surface area contributed by atoms with Crippen molar-refractivity contribution >= 4 is 29.1 Å². The first-order valence-corrected chi connectivity index (χ1v) is 10.7. The third kappa shape index (κ3) is 5.05. The van der Waals surface area contributed by atoms with Crippen molar-refractivity contribution in [2.45, 2.75) is 32.1 Å². The van der Waals surface area contributed by atoms with Crippen LogP contribution in [0.1, 0.15) is 30.4 Å². The molecule has 1 fully saturated rings. The Morgan fingerprint density at radius 1 is 1.06 bits per heavy atom. The maximum absolute atomic E-state index is 12.5. The fraction of sp³-hybridized carbons (Fsp3) is 0.375. The Balaban J connectivity index is 1.30. The van der Waals surface area contributed by atoms with Crippen LogP contribution in [0.2, 0.25) is 0 Å². The minimum absolute atomic E-state index is 0.173. The van der Waals surface area contributed by atoms with Gasteiger partial charge in [-0.05, 0) is 73.6 Å². The van der Waals surface area contributed by atoms with Gasteiger partial charge in [0.25, 0.3) is 0 Å². The van der Waals surface area contributed by atoms with Crippen LogP contribution >= 0.6 is 0 Å². The van der Waals surface area contributed by atoms with Crippen molar-refractivity contribution in [2.24, 2.45) is 5.92 Å². The van der Waals surface area contributed by atoms with Crippen LogP contribution in [-0.2, 0) is 27.2 Å². The maximum Gasteiger partial charge on any atom is 0.313 e. The summed E-state index contributed by atoms with van der Waals surface area (Å²) in [5.74, 6) is -0.216. The summed E-state index contributed by atoms with van der Waals surface area (Å²) in [6.07, 6.45) is 4.32. The molecule has 0 radical (unpaired) electrons. The summed E-state index contributed by atoms with van der Waals surface area (Å²) < 4.78 is 5.12. The van der Waals surface area contributed by atoms with E-state index in [1.165, 1.54) is 0 Å². The summed E-state index contributed by atoms with van der Waals surface area (Å²) in [6, 6.07) is 13.1. The number of ether oxygens (including phenoxy) is 1. The van der Waals surface area contributed by atoms with Gasteiger partial charge in [-0.25, -0.2) is 0 Å². The van der Waals surface area contributed by atoms with E-state index in [1.807, 2.05) is 41.3 Å². The van der Waals surface area contributed by atoms with Gasteiger partial charge in [0, 0.05) is 30.4 Å². The van der Waals surface area contributed by atoms with Crippen LogP contribution in [0.4, 0.5) is 11.4 Å². The first-order valence-electron chi connectivity index (χ1n) is 10.7. The monoisotopic (exact) mass is 421 g/mol. The van der Waals surface area contributed by atoms with Crippen molar-refractivity contribution in [1.82, 2.24) is 5.32 Å². The van der Waals surface area contributed by atoms with Gasteiger partial charge in [-0.2, -0.15) is 0 Å². The van der Waals surface area contributed by atoms with Gasteiger partial charge in [-0.1, -0.05) is 12.1 Å². The SMILES string of the molecule is COc1ccc(CCNC(=O)C(=O)Nc2ccc3c(c2)CCCN3C(=O)C2CC2)cc1. The number of rotatable bonds is 6. The highest BCUT2D eigenvalue weighted by Crippen LogP contribution is 2.36. The Morgan fingerprint density at radius 3 is 2.55 bits per heavy atom. The highest BCUT2D eigenvalue weighted by Gasteiger charge is 2.35. The van der Waals surface area contributed by atoms with Crippen molar-refractivity contribution in [3.8, 4) is 5.75 Å². The molecule has 2 N–H and O–H groups in total. The van der Waals surface area contributed by atoms with E-state index in [0.29, 0.717) is 18.7 Å². The molecule has 0 atom stereocenters. The van der Waals surface area contributed by atoms with Gasteiger partial charge in [-0.15, -0.1) is 0 Å². The van der Waals surface area contributed by atoms with E-state index < -0.39 is 11.8 Å². The van der Waals surface area contributed by atoms with E-state index in [-0.39, 0.29) is 11.8 Å². The standard InChI is InChI=1S/C24H27N3O4/c1-31-20-9-4-16(5-10-20)12-13-25-22(28)23(29)26-19-8-11-21-18(15-19)3-2-14-27(21)24(30)17-6-7-17/h4-5,8-11,15,17H,2-3,6-7,12-14H2,1H3,(H,25,28)(H,26,29). The molecule has 0 aromatic heterocycles. The van der Waals surface area contributed by atoms with E-state index >= 15 is 0 Å². The normalized spacial score (nSPS) is 15.1. The second kappa shape index (κ2) is 9.20. The number of benzene rings is 2. The third-order valence-corrected chi connectivity index (χ3v) is 5.71. The Bertz CT molecular complexity index is 983. The number of hydrogen-bond acceptors (Lipinski definition) is 4. The van der Waals surface area contributed by atoms with Crippen LogP contribution in [0.5, 0.6) is 5.75 Å². The Morgan fingerprint density at radius 2 is 1.84 bits per heavy atom. The second-order valence-electron chi connectivity index (χ2n) is 8.02. The number of aryl methyl sites for hydroxylation is 1. The predicted octanol–water partition coefficient (Wildman–Crippen LogP) is 2.68. The average Bonchev–Trinajstić information content (AvgIpc) is 3.64. The topological polar surface area (TPSA) is 87.7 Å². The molecule has 2 aromatic carbocycles. The molecule has 0 bridgehead atoms. The number of fused-ring (bicyclic) bond motifs is 1. The van der Waals surface area contributed by atoms with E-state index in [2.05, 4.69) is 10.6 Å². The smallest absolute Gasteiger partial charge is 0.313 e. The lowest BCUT2D eigenvalue weighted by molar-refractivity contribution is -0.136. The van der Waals surface area contributed by atoms with Crippen LogP contribution < -0.4 is 20.3 Å². The lowest BCUT2D eigenvalue weighted by Gasteiger charge is -2.30. The zero-order valence-electron chi connectivity index (χ0n) is 17.6. The molecule has 0 unspecified atom stereocenters. The quantitative estimate of drug-likeness (QED) is 0.702. The van der Waals surface area contributed by atoms with Crippen LogP contribution in [0, 0.1) is 5.92 Å². The molecule has 1 saturated carbocycles. The molecule has 4 rings (SSSR count). The number of carbonyl (C=O) groups excluding carboxylic acids is 3. The molecule has 0 spiro atoms. The van der Waals surface area contributed by atoms with Crippen molar-refractivity contribution in [3.05, 3.63) is 53.6 Å². The van der Waals surface area contributed by atoms with Gasteiger partial charge in [0.05, 0.1) is 7.11 Å². The van der Waals surface area contributed by atoms with Gasteiger partial charge < -0.3 is 20.3 Å². The summed E-state index contributed by atoms with van der Waals surface area (Å²) in [6.45, 7) is 1.10. The van der Waals surface area contributed by atoms with Gasteiger partial charge in [0.1, 0.15) is 5.75 Å². The van der Waals surface area contributed by atoms with Crippen LogP contribution in [0.15, 0.2) is 42.5 Å². The Hall–Kier alpha value is -3.35. The number of hydrogen-bond donors (Lipinski definition) is 2. The molecule has 1 heterocycles. The van der Waals surface area contributed by atoms with Crippen molar-refractivity contribution < 1.29 is 19.1 Å². The Labute approximate surface area is 181 Å². The Kier molecular flexibility index (Phi) is 6.21. The van der Waals surface area contributed by atoms with E-state index in [9.17, 15) is 14.4 Å². The summed E-state index contributed by atoms with van der Waals surface area (Å²) >= 11 is 0. The summed E-state index contributed by atoms with van der Waals surface area (Å²) in [5, 5.41) is 5.31. The zero-order chi connectivity index (χ0) is 21.8. The van der Waals surface area contributed by atoms with Gasteiger partial charge >= 0.3 is 11.8 Å². The summed E-state index contributed by atoms with van der Waals surface area (Å²) in [7, 11) is 1.61. The number of amides is 3. The number of nitrogens with zero attached hydrogens (tertiary/aromatic N) is 1. The van der Waals surface area contributed by atoms with Crippen LogP contribution in [-0.4, -0.2) is 37.9 Å². The molecule has 3 amide bonds. The van der Waals surface area contributed by atoms with Gasteiger partial charge in [-0.3, -0.25) is 14.4 Å². The lowest BCUT2D eigenvalue weighted by atomic mass is 10.0. The fourth-order valence-electron chi connectivity index (χ4n) is 3.84. The average molecular weight is 421 g/mol. The minimum Gasteiger partial charge on any atom is -0.497 e. The van der Waals surface area contributed by atoms with Gasteiger partial charge in [0.2, 0.25) is 5.91 Å². The molecule has 162 valence electrons. The molecule has 7 heteroatoms. The number of methoxy groups -OCH3 is 1. The zero-order valence-corrected chi connectivity index (χ0v) is 17.6. The number of nitrogens with one attached hydrogen (secondary N) is 2. The van der Waals surface area contributed by atoms with E-state index in [1.54, 1.807) is 13.2 Å². The summed E-state index contributed by atoms with van der Waals surface area (Å²) in [5.41, 5.74) is 3.55. The molecule has 2 aliphatic rings. The molecule has 1 aliphatic carbocycles. The minimum atomic E-state index is -0.698. The van der Waals surface area contributed by atoms with Crippen molar-refractivity contribution in [2.75, 3.05) is 30.4 Å². The third-order valence-electron chi connectivity index (χ3n) is 5.71. The molecule has 7 nitrogen and oxygen atoms in total. The van der Waals surface area contributed by atoms with E-state index in [0.717, 1.165) is 54.8 Å².